The van der Waals surface area contributed by atoms with Crippen molar-refractivity contribution in [2.75, 3.05) is 12.1 Å². The van der Waals surface area contributed by atoms with E-state index in [-0.39, 0.29) is 22.4 Å². The minimum atomic E-state index is -2.22. The molecule has 0 saturated carbocycles. The molecule has 3 rings (SSSR count). The van der Waals surface area contributed by atoms with Gasteiger partial charge in [-0.1, -0.05) is 0 Å². The summed E-state index contributed by atoms with van der Waals surface area (Å²) in [6, 6.07) is 0. The fraction of sp³-hybridized carbons (Fsp3) is 0.462. The van der Waals surface area contributed by atoms with E-state index in [4.69, 9.17) is 9.94 Å². The number of nitrogens with one attached hydrogen (secondary N) is 1. The lowest BCUT2D eigenvalue weighted by atomic mass is 9.98. The number of hydrogen-bond donors (Lipinski definition) is 4. The zero-order valence-corrected chi connectivity index (χ0v) is 12.0. The number of aliphatic hydroxyl groups excluding tert-OH is 2. The molecule has 3 heterocycles. The van der Waals surface area contributed by atoms with Gasteiger partial charge in [0.15, 0.2) is 24.0 Å². The lowest BCUT2D eigenvalue weighted by molar-refractivity contribution is -0.0564. The molecule has 2 aromatic heterocycles. The van der Waals surface area contributed by atoms with Crippen molar-refractivity contribution in [3.05, 3.63) is 18.1 Å². The summed E-state index contributed by atoms with van der Waals surface area (Å²) in [4.78, 5) is 19.0. The number of alkyl halides is 1. The fourth-order valence-electron chi connectivity index (χ4n) is 2.83. The standard InChI is InChI=1S/C13H15FN4O5/c1-13(14)9(21)7(4-20)23-12(13)18-2-6(3-19)8-10(17-22)15-5-16-11(8)18/h2-3,5,7,9,12,20-22H,4H2,1H3,(H,15,16,17)/t7-,9-,12-,13-/m1/s1. The van der Waals surface area contributed by atoms with Crippen LogP contribution in [0.25, 0.3) is 11.0 Å². The highest BCUT2D eigenvalue weighted by molar-refractivity contribution is 6.01. The summed E-state index contributed by atoms with van der Waals surface area (Å²) >= 11 is 0. The zero-order valence-electron chi connectivity index (χ0n) is 12.0. The van der Waals surface area contributed by atoms with Gasteiger partial charge < -0.3 is 19.5 Å². The number of aromatic nitrogens is 3. The van der Waals surface area contributed by atoms with E-state index in [1.165, 1.54) is 10.8 Å². The van der Waals surface area contributed by atoms with Gasteiger partial charge >= 0.3 is 0 Å². The van der Waals surface area contributed by atoms with Gasteiger partial charge in [-0.25, -0.2) is 14.4 Å². The van der Waals surface area contributed by atoms with Crippen molar-refractivity contribution in [3.8, 4) is 0 Å². The van der Waals surface area contributed by atoms with E-state index >= 15 is 0 Å². The molecule has 0 unspecified atom stereocenters. The van der Waals surface area contributed by atoms with Crippen LogP contribution in [0.3, 0.4) is 0 Å². The molecular formula is C13H15FN4O5. The Morgan fingerprint density at radius 1 is 1.57 bits per heavy atom. The molecule has 4 atom stereocenters. The molecule has 2 aromatic rings. The number of carbonyl (C=O) groups is 1. The Bertz CT molecular complexity index is 749. The topological polar surface area (TPSA) is 130 Å². The third-order valence-electron chi connectivity index (χ3n) is 4.02. The summed E-state index contributed by atoms with van der Waals surface area (Å²) in [7, 11) is 0. The van der Waals surface area contributed by atoms with Gasteiger partial charge in [0.1, 0.15) is 24.2 Å². The van der Waals surface area contributed by atoms with Gasteiger partial charge in [-0.3, -0.25) is 15.5 Å². The number of hydrogen-bond acceptors (Lipinski definition) is 8. The first kappa shape index (κ1) is 15.7. The molecule has 0 bridgehead atoms. The number of anilines is 1. The second-order valence-electron chi connectivity index (χ2n) is 5.45. The molecule has 0 amide bonds. The lowest BCUT2D eigenvalue weighted by Gasteiger charge is -2.25. The van der Waals surface area contributed by atoms with E-state index in [2.05, 4.69) is 9.97 Å². The third kappa shape index (κ3) is 2.18. The molecule has 124 valence electrons. The van der Waals surface area contributed by atoms with Crippen molar-refractivity contribution < 1.29 is 29.3 Å². The van der Waals surface area contributed by atoms with Crippen LogP contribution in [0.15, 0.2) is 12.5 Å². The van der Waals surface area contributed by atoms with Crippen molar-refractivity contribution in [3.63, 3.8) is 0 Å². The van der Waals surface area contributed by atoms with Gasteiger partial charge in [0.05, 0.1) is 12.0 Å². The van der Waals surface area contributed by atoms with Gasteiger partial charge in [-0.2, -0.15) is 0 Å². The number of aliphatic hydroxyl groups is 2. The van der Waals surface area contributed by atoms with Crippen LogP contribution in [-0.2, 0) is 4.74 Å². The summed E-state index contributed by atoms with van der Waals surface area (Å²) in [6.07, 6.45) is -1.05. The Hall–Kier alpha value is -2.14. The molecular weight excluding hydrogens is 311 g/mol. The Morgan fingerprint density at radius 3 is 2.87 bits per heavy atom. The Balaban J connectivity index is 2.19. The van der Waals surface area contributed by atoms with Crippen molar-refractivity contribution in [2.24, 2.45) is 0 Å². The molecule has 10 heteroatoms. The first-order chi connectivity index (χ1) is 11.0. The molecule has 0 aromatic carbocycles. The van der Waals surface area contributed by atoms with E-state index in [0.29, 0.717) is 6.29 Å². The van der Waals surface area contributed by atoms with Crippen LogP contribution in [0.1, 0.15) is 23.5 Å². The van der Waals surface area contributed by atoms with Crippen molar-refractivity contribution in [1.29, 1.82) is 0 Å². The largest absolute Gasteiger partial charge is 0.394 e. The smallest absolute Gasteiger partial charge is 0.181 e. The van der Waals surface area contributed by atoms with Crippen LogP contribution in [0.4, 0.5) is 10.2 Å². The fourth-order valence-corrected chi connectivity index (χ4v) is 2.83. The Morgan fingerprint density at radius 2 is 2.30 bits per heavy atom. The molecule has 9 nitrogen and oxygen atoms in total. The lowest BCUT2D eigenvalue weighted by Crippen LogP contribution is -2.40. The zero-order chi connectivity index (χ0) is 16.8. The minimum absolute atomic E-state index is 0.0198. The molecule has 0 aliphatic carbocycles. The van der Waals surface area contributed by atoms with Crippen LogP contribution >= 0.6 is 0 Å². The Kier molecular flexibility index (Phi) is 3.76. The molecule has 0 spiro atoms. The average molecular weight is 326 g/mol. The molecule has 23 heavy (non-hydrogen) atoms. The predicted molar refractivity (Wildman–Crippen MR) is 74.8 cm³/mol. The Labute approximate surface area is 129 Å². The summed E-state index contributed by atoms with van der Waals surface area (Å²) < 4.78 is 21.5. The highest BCUT2D eigenvalue weighted by atomic mass is 19.1. The maximum atomic E-state index is 14.9. The quantitative estimate of drug-likeness (QED) is 0.457. The van der Waals surface area contributed by atoms with Crippen LogP contribution in [0.5, 0.6) is 0 Å². The van der Waals surface area contributed by atoms with Gasteiger partial charge in [-0.05, 0) is 6.92 Å². The summed E-state index contributed by atoms with van der Waals surface area (Å²) in [5.41, 5.74) is -0.127. The normalized spacial score (nSPS) is 30.7. The van der Waals surface area contributed by atoms with Gasteiger partial charge in [-0.15, -0.1) is 0 Å². The minimum Gasteiger partial charge on any atom is -0.394 e. The van der Waals surface area contributed by atoms with E-state index in [0.717, 1.165) is 13.3 Å². The van der Waals surface area contributed by atoms with Gasteiger partial charge in [0, 0.05) is 11.8 Å². The maximum Gasteiger partial charge on any atom is 0.181 e. The van der Waals surface area contributed by atoms with E-state index < -0.39 is 30.7 Å². The van der Waals surface area contributed by atoms with E-state index in [9.17, 15) is 19.4 Å². The monoisotopic (exact) mass is 326 g/mol. The predicted octanol–water partition coefficient (Wildman–Crippen LogP) is 0.0237. The number of aldehydes is 1. The molecule has 1 aliphatic heterocycles. The first-order valence-electron chi connectivity index (χ1n) is 6.79. The first-order valence-corrected chi connectivity index (χ1v) is 6.79. The number of nitrogens with zero attached hydrogens (tertiary/aromatic N) is 3. The molecule has 1 fully saturated rings. The number of fused-ring (bicyclic) bond motifs is 1. The van der Waals surface area contributed by atoms with Crippen molar-refractivity contribution in [2.45, 2.75) is 31.0 Å². The van der Waals surface area contributed by atoms with Crippen LogP contribution < -0.4 is 5.48 Å². The number of carbonyl (C=O) groups excluding carboxylic acids is 1. The third-order valence-corrected chi connectivity index (χ3v) is 4.02. The van der Waals surface area contributed by atoms with Crippen molar-refractivity contribution >= 4 is 23.1 Å². The summed E-state index contributed by atoms with van der Waals surface area (Å²) in [6.45, 7) is 0.576. The molecule has 1 aliphatic rings. The van der Waals surface area contributed by atoms with Crippen LogP contribution in [0, 0.1) is 0 Å². The highest BCUT2D eigenvalue weighted by Gasteiger charge is 2.55. The van der Waals surface area contributed by atoms with E-state index in [1.54, 1.807) is 0 Å². The number of rotatable bonds is 4. The molecule has 0 radical (unpaired) electrons. The number of ether oxygens (including phenoxy) is 1. The van der Waals surface area contributed by atoms with E-state index in [1.807, 2.05) is 5.48 Å². The summed E-state index contributed by atoms with van der Waals surface area (Å²) in [5.74, 6) is -0.0198. The summed E-state index contributed by atoms with van der Waals surface area (Å²) in [5, 5.41) is 28.4. The second kappa shape index (κ2) is 5.49. The van der Waals surface area contributed by atoms with Gasteiger partial charge in [0.25, 0.3) is 0 Å². The highest BCUT2D eigenvalue weighted by Crippen LogP contribution is 2.43. The maximum absolute atomic E-state index is 14.9. The molecule has 4 N–H and O–H groups in total. The average Bonchev–Trinajstić information content (AvgIpc) is 3.03. The molecule has 1 saturated heterocycles. The van der Waals surface area contributed by atoms with Crippen LogP contribution in [0.2, 0.25) is 0 Å². The SMILES string of the molecule is C[C@@]1(F)[C@H](O)[C@@H](CO)O[C@H]1n1cc(C=O)c2c(NO)ncnc21. The second-order valence-corrected chi connectivity index (χ2v) is 5.45. The van der Waals surface area contributed by atoms with Gasteiger partial charge in [0.2, 0.25) is 0 Å². The number of halogens is 1. The van der Waals surface area contributed by atoms with Crippen molar-refractivity contribution in [1.82, 2.24) is 14.5 Å². The van der Waals surface area contributed by atoms with Crippen LogP contribution in [-0.4, -0.2) is 60.7 Å².